The van der Waals surface area contributed by atoms with Crippen molar-refractivity contribution in [2.45, 2.75) is 11.3 Å². The van der Waals surface area contributed by atoms with Gasteiger partial charge in [0.25, 0.3) is 0 Å². The highest BCUT2D eigenvalue weighted by Crippen LogP contribution is 2.29. The SMILES string of the molecule is O=C(CSc1cc(Cl)ccc1Cl)NNC(=O)Cc1noc2ccccc12. The van der Waals surface area contributed by atoms with E-state index in [1.54, 1.807) is 24.3 Å². The lowest BCUT2D eigenvalue weighted by Gasteiger charge is -2.07. The average molecular weight is 410 g/mol. The highest BCUT2D eigenvalue weighted by Gasteiger charge is 2.13. The standard InChI is InChI=1S/C17H13Cl2N3O3S/c18-10-5-6-12(19)15(7-10)26-9-17(24)21-20-16(23)8-13-11-3-1-2-4-14(11)25-22-13/h1-7H,8-9H2,(H,20,23)(H,21,24). The number of carbonyl (C=O) groups excluding carboxylic acids is 2. The number of fused-ring (bicyclic) bond motifs is 1. The van der Waals surface area contributed by atoms with Crippen LogP contribution in [0.5, 0.6) is 0 Å². The van der Waals surface area contributed by atoms with Crippen molar-refractivity contribution in [3.05, 3.63) is 58.2 Å². The molecule has 2 N–H and O–H groups in total. The number of benzene rings is 2. The first kappa shape index (κ1) is 18.6. The van der Waals surface area contributed by atoms with E-state index in [2.05, 4.69) is 16.0 Å². The molecule has 134 valence electrons. The van der Waals surface area contributed by atoms with Gasteiger partial charge in [0.1, 0.15) is 5.69 Å². The van der Waals surface area contributed by atoms with Crippen LogP contribution in [0.3, 0.4) is 0 Å². The zero-order valence-electron chi connectivity index (χ0n) is 13.3. The van der Waals surface area contributed by atoms with E-state index in [0.717, 1.165) is 5.39 Å². The molecule has 0 atom stereocenters. The van der Waals surface area contributed by atoms with Crippen LogP contribution in [0, 0.1) is 0 Å². The largest absolute Gasteiger partial charge is 0.356 e. The van der Waals surface area contributed by atoms with Gasteiger partial charge in [-0.05, 0) is 30.3 Å². The van der Waals surface area contributed by atoms with Gasteiger partial charge >= 0.3 is 0 Å². The average Bonchev–Trinajstić information content (AvgIpc) is 3.04. The summed E-state index contributed by atoms with van der Waals surface area (Å²) >= 11 is 13.2. The lowest BCUT2D eigenvalue weighted by Crippen LogP contribution is -2.43. The molecule has 1 heterocycles. The molecule has 26 heavy (non-hydrogen) atoms. The molecule has 3 rings (SSSR count). The number of carbonyl (C=O) groups is 2. The summed E-state index contributed by atoms with van der Waals surface area (Å²) < 4.78 is 5.14. The quantitative estimate of drug-likeness (QED) is 0.496. The number of hydrogen-bond acceptors (Lipinski definition) is 5. The Kier molecular flexibility index (Phi) is 6.03. The van der Waals surface area contributed by atoms with Crippen molar-refractivity contribution in [1.82, 2.24) is 16.0 Å². The molecule has 0 saturated carbocycles. The maximum atomic E-state index is 12.0. The Balaban J connectivity index is 1.48. The van der Waals surface area contributed by atoms with Crippen LogP contribution in [0.4, 0.5) is 0 Å². The summed E-state index contributed by atoms with van der Waals surface area (Å²) in [5.41, 5.74) is 5.82. The van der Waals surface area contributed by atoms with Crippen LogP contribution in [-0.4, -0.2) is 22.7 Å². The van der Waals surface area contributed by atoms with Crippen molar-refractivity contribution in [1.29, 1.82) is 0 Å². The Morgan fingerprint density at radius 3 is 2.69 bits per heavy atom. The van der Waals surface area contributed by atoms with Gasteiger partial charge in [-0.3, -0.25) is 20.4 Å². The Morgan fingerprint density at radius 2 is 1.85 bits per heavy atom. The highest BCUT2D eigenvalue weighted by atomic mass is 35.5. The van der Waals surface area contributed by atoms with Crippen molar-refractivity contribution in [3.63, 3.8) is 0 Å². The zero-order valence-corrected chi connectivity index (χ0v) is 15.6. The van der Waals surface area contributed by atoms with Crippen molar-refractivity contribution in [2.24, 2.45) is 0 Å². The molecule has 1 aromatic heterocycles. The summed E-state index contributed by atoms with van der Waals surface area (Å²) in [6.45, 7) is 0. The minimum atomic E-state index is -0.400. The Morgan fingerprint density at radius 1 is 1.08 bits per heavy atom. The molecular weight excluding hydrogens is 397 g/mol. The number of amides is 2. The number of hydrogen-bond donors (Lipinski definition) is 2. The molecule has 0 fully saturated rings. The number of hydrazine groups is 1. The molecule has 0 aliphatic heterocycles. The normalized spacial score (nSPS) is 10.7. The molecule has 0 radical (unpaired) electrons. The number of thioether (sulfide) groups is 1. The predicted octanol–water partition coefficient (Wildman–Crippen LogP) is 3.62. The third-order valence-electron chi connectivity index (χ3n) is 3.37. The number of aromatic nitrogens is 1. The molecule has 2 aromatic carbocycles. The zero-order chi connectivity index (χ0) is 18.5. The lowest BCUT2D eigenvalue weighted by atomic mass is 10.2. The predicted molar refractivity (Wildman–Crippen MR) is 101 cm³/mol. The summed E-state index contributed by atoms with van der Waals surface area (Å²) in [4.78, 5) is 24.5. The van der Waals surface area contributed by atoms with Crippen molar-refractivity contribution in [3.8, 4) is 0 Å². The van der Waals surface area contributed by atoms with Crippen molar-refractivity contribution >= 4 is 57.7 Å². The van der Waals surface area contributed by atoms with Gasteiger partial charge in [-0.15, -0.1) is 11.8 Å². The number of para-hydroxylation sites is 1. The number of halogens is 2. The molecule has 3 aromatic rings. The summed E-state index contributed by atoms with van der Waals surface area (Å²) in [6, 6.07) is 12.2. The van der Waals surface area contributed by atoms with Gasteiger partial charge < -0.3 is 4.52 Å². The summed E-state index contributed by atoms with van der Waals surface area (Å²) in [5.74, 6) is -0.694. The Hall–Kier alpha value is -2.22. The van der Waals surface area contributed by atoms with Crippen LogP contribution in [0.15, 0.2) is 51.9 Å². The summed E-state index contributed by atoms with van der Waals surface area (Å²) in [5, 5.41) is 5.68. The molecule has 0 aliphatic rings. The monoisotopic (exact) mass is 409 g/mol. The minimum Gasteiger partial charge on any atom is -0.356 e. The number of rotatable bonds is 5. The molecule has 0 saturated heterocycles. The highest BCUT2D eigenvalue weighted by molar-refractivity contribution is 8.00. The van der Waals surface area contributed by atoms with E-state index in [4.69, 9.17) is 27.7 Å². The lowest BCUT2D eigenvalue weighted by molar-refractivity contribution is -0.127. The van der Waals surface area contributed by atoms with Crippen molar-refractivity contribution in [2.75, 3.05) is 5.75 Å². The van der Waals surface area contributed by atoms with E-state index in [1.165, 1.54) is 11.8 Å². The maximum Gasteiger partial charge on any atom is 0.248 e. The van der Waals surface area contributed by atoms with Crippen LogP contribution < -0.4 is 10.9 Å². The molecule has 2 amide bonds. The first-order valence-corrected chi connectivity index (χ1v) is 9.26. The topological polar surface area (TPSA) is 84.2 Å². The molecular formula is C17H13Cl2N3O3S. The molecule has 0 spiro atoms. The maximum absolute atomic E-state index is 12.0. The van der Waals surface area contributed by atoms with E-state index in [-0.39, 0.29) is 18.1 Å². The number of nitrogens with zero attached hydrogens (tertiary/aromatic N) is 1. The second kappa shape index (κ2) is 8.44. The number of nitrogens with one attached hydrogen (secondary N) is 2. The van der Waals surface area contributed by atoms with Crippen molar-refractivity contribution < 1.29 is 14.1 Å². The molecule has 6 nitrogen and oxygen atoms in total. The smallest absolute Gasteiger partial charge is 0.248 e. The van der Waals surface area contributed by atoms with Gasteiger partial charge in [0.15, 0.2) is 5.58 Å². The molecule has 0 unspecified atom stereocenters. The fourth-order valence-corrected chi connectivity index (χ4v) is 3.46. The minimum absolute atomic E-state index is 0.00937. The van der Waals surface area contributed by atoms with Crippen LogP contribution in [0.25, 0.3) is 11.0 Å². The van der Waals surface area contributed by atoms with E-state index in [1.807, 2.05) is 18.2 Å². The van der Waals surface area contributed by atoms with Gasteiger partial charge in [-0.25, -0.2) is 0 Å². The van der Waals surface area contributed by atoms with Crippen LogP contribution in [0.1, 0.15) is 5.69 Å². The van der Waals surface area contributed by atoms with E-state index in [0.29, 0.717) is 26.2 Å². The van der Waals surface area contributed by atoms with E-state index in [9.17, 15) is 9.59 Å². The van der Waals surface area contributed by atoms with E-state index < -0.39 is 5.91 Å². The second-order valence-corrected chi connectivity index (χ2v) is 7.12. The van der Waals surface area contributed by atoms with Crippen LogP contribution in [-0.2, 0) is 16.0 Å². The van der Waals surface area contributed by atoms with Gasteiger partial charge in [-0.2, -0.15) is 0 Å². The van der Waals surface area contributed by atoms with Crippen LogP contribution >= 0.6 is 35.0 Å². The van der Waals surface area contributed by atoms with Gasteiger partial charge in [0.2, 0.25) is 11.8 Å². The molecule has 0 aliphatic carbocycles. The Labute approximate surface area is 163 Å². The fraction of sp³-hybridized carbons (Fsp3) is 0.118. The summed E-state index contributed by atoms with van der Waals surface area (Å²) in [6.07, 6.45) is -0.00937. The Bertz CT molecular complexity index is 961. The third-order valence-corrected chi connectivity index (χ3v) is 5.11. The second-order valence-electron chi connectivity index (χ2n) is 5.26. The fourth-order valence-electron chi connectivity index (χ4n) is 2.17. The van der Waals surface area contributed by atoms with E-state index >= 15 is 0 Å². The molecule has 9 heteroatoms. The third kappa shape index (κ3) is 4.69. The summed E-state index contributed by atoms with van der Waals surface area (Å²) in [7, 11) is 0. The first-order valence-electron chi connectivity index (χ1n) is 7.52. The van der Waals surface area contributed by atoms with Gasteiger partial charge in [0, 0.05) is 15.3 Å². The first-order chi connectivity index (χ1) is 12.5. The molecule has 0 bridgehead atoms. The van der Waals surface area contributed by atoms with Crippen LogP contribution in [0.2, 0.25) is 10.0 Å². The van der Waals surface area contributed by atoms with Gasteiger partial charge in [0.05, 0.1) is 17.2 Å². The van der Waals surface area contributed by atoms with Gasteiger partial charge in [-0.1, -0.05) is 40.5 Å².